The van der Waals surface area contributed by atoms with Crippen molar-refractivity contribution < 1.29 is 22.7 Å². The quantitative estimate of drug-likeness (QED) is 0.590. The van der Waals surface area contributed by atoms with Crippen molar-refractivity contribution in [1.82, 2.24) is 4.90 Å². The van der Waals surface area contributed by atoms with Crippen LogP contribution in [0.2, 0.25) is 0 Å². The van der Waals surface area contributed by atoms with E-state index in [9.17, 15) is 13.2 Å². The molecule has 1 saturated heterocycles. The number of rotatable bonds is 8. The van der Waals surface area contributed by atoms with Crippen LogP contribution in [0.4, 0.5) is 10.5 Å². The molecule has 1 unspecified atom stereocenters. The highest BCUT2D eigenvalue weighted by molar-refractivity contribution is 7.90. The van der Waals surface area contributed by atoms with E-state index in [1.165, 1.54) is 6.26 Å². The first-order valence-corrected chi connectivity index (χ1v) is 12.8. The van der Waals surface area contributed by atoms with E-state index in [0.29, 0.717) is 18.0 Å². The van der Waals surface area contributed by atoms with Gasteiger partial charge in [0, 0.05) is 38.0 Å². The summed E-state index contributed by atoms with van der Waals surface area (Å²) in [5.74, 6) is 0.773. The molecular weight excluding hydrogens is 428 g/mol. The Balaban J connectivity index is 1.59. The van der Waals surface area contributed by atoms with Crippen molar-refractivity contribution in [1.29, 1.82) is 0 Å². The van der Waals surface area contributed by atoms with Crippen LogP contribution in [0, 0.1) is 0 Å². The van der Waals surface area contributed by atoms with E-state index < -0.39 is 9.84 Å². The predicted molar refractivity (Wildman–Crippen MR) is 125 cm³/mol. The molecule has 2 aromatic carbocycles. The minimum atomic E-state index is -3.20. The largest absolute Gasteiger partial charge is 0.489 e. The lowest BCUT2D eigenvalue weighted by molar-refractivity contribution is 0.0761. The zero-order chi connectivity index (χ0) is 23.3. The number of ether oxygens (including phenoxy) is 2. The van der Waals surface area contributed by atoms with Gasteiger partial charge < -0.3 is 19.3 Å². The fourth-order valence-electron chi connectivity index (χ4n) is 3.67. The van der Waals surface area contributed by atoms with Crippen molar-refractivity contribution in [3.63, 3.8) is 0 Å². The van der Waals surface area contributed by atoms with Gasteiger partial charge in [-0.05, 0) is 62.7 Å². The molecule has 174 valence electrons. The second kappa shape index (κ2) is 10.3. The second-order valence-corrected chi connectivity index (χ2v) is 10.4. The van der Waals surface area contributed by atoms with Gasteiger partial charge in [0.05, 0.1) is 17.5 Å². The number of nitrogens with zero attached hydrogens (tertiary/aromatic N) is 2. The Morgan fingerprint density at radius 3 is 2.53 bits per heavy atom. The minimum Gasteiger partial charge on any atom is -0.489 e. The molecule has 3 rings (SSSR count). The Morgan fingerprint density at radius 1 is 1.19 bits per heavy atom. The molecule has 1 heterocycles. The van der Waals surface area contributed by atoms with Gasteiger partial charge in [-0.1, -0.05) is 12.1 Å². The van der Waals surface area contributed by atoms with Gasteiger partial charge in [0.15, 0.2) is 9.84 Å². The highest BCUT2D eigenvalue weighted by atomic mass is 32.2. The van der Waals surface area contributed by atoms with E-state index >= 15 is 0 Å². The highest BCUT2D eigenvalue weighted by Crippen LogP contribution is 2.25. The van der Waals surface area contributed by atoms with Crippen molar-refractivity contribution >= 4 is 21.6 Å². The van der Waals surface area contributed by atoms with Crippen LogP contribution in [-0.4, -0.2) is 57.5 Å². The molecule has 32 heavy (non-hydrogen) atoms. The smallest absolute Gasteiger partial charge is 0.410 e. The fraction of sp³-hybridized carbons (Fsp3) is 0.458. The van der Waals surface area contributed by atoms with E-state index in [1.807, 2.05) is 57.2 Å². The highest BCUT2D eigenvalue weighted by Gasteiger charge is 2.25. The zero-order valence-electron chi connectivity index (χ0n) is 19.2. The summed E-state index contributed by atoms with van der Waals surface area (Å²) in [4.78, 5) is 16.4. The molecule has 1 atom stereocenters. The number of benzene rings is 2. The summed E-state index contributed by atoms with van der Waals surface area (Å²) in [6.07, 6.45) is 1.65. The van der Waals surface area contributed by atoms with Gasteiger partial charge in [0.2, 0.25) is 0 Å². The number of hydrogen-bond acceptors (Lipinski definition) is 6. The fourth-order valence-corrected chi connectivity index (χ4v) is 4.31. The summed E-state index contributed by atoms with van der Waals surface area (Å²) in [7, 11) is -3.20. The van der Waals surface area contributed by atoms with Crippen LogP contribution in [0.3, 0.4) is 0 Å². The van der Waals surface area contributed by atoms with Crippen molar-refractivity contribution in [3.8, 4) is 5.75 Å². The molecule has 0 N–H and O–H groups in total. The Kier molecular flexibility index (Phi) is 7.66. The molecule has 0 radical (unpaired) electrons. The summed E-state index contributed by atoms with van der Waals surface area (Å²) >= 11 is 0. The summed E-state index contributed by atoms with van der Waals surface area (Å²) in [5, 5.41) is 0. The summed E-state index contributed by atoms with van der Waals surface area (Å²) < 4.78 is 34.8. The van der Waals surface area contributed by atoms with Crippen LogP contribution in [-0.2, 0) is 21.1 Å². The normalized spacial score (nSPS) is 16.3. The number of hydrogen-bond donors (Lipinski definition) is 0. The maximum absolute atomic E-state index is 12.2. The van der Waals surface area contributed by atoms with Crippen LogP contribution < -0.4 is 9.64 Å². The van der Waals surface area contributed by atoms with Crippen LogP contribution in [0.25, 0.3) is 0 Å². The van der Waals surface area contributed by atoms with Gasteiger partial charge in [-0.25, -0.2) is 13.2 Å². The topological polar surface area (TPSA) is 76.2 Å². The average molecular weight is 461 g/mol. The number of anilines is 1. The Labute approximate surface area is 190 Å². The Morgan fingerprint density at radius 2 is 1.91 bits per heavy atom. The molecule has 8 heteroatoms. The van der Waals surface area contributed by atoms with Crippen molar-refractivity contribution in [2.45, 2.75) is 50.8 Å². The number of carbonyl (C=O) groups is 1. The molecule has 0 spiro atoms. The summed E-state index contributed by atoms with van der Waals surface area (Å²) in [5.41, 5.74) is 1.97. The standard InChI is InChI=1S/C24H32N2O5S/c1-5-25(24(27)30-18(2)3)16-19-7-6-8-21(15-19)31-22-13-14-26(17-22)20-9-11-23(12-10-20)32(4,28)29/h6-12,15,18,22H,5,13-14,16-17H2,1-4H3. The number of sulfone groups is 1. The lowest BCUT2D eigenvalue weighted by atomic mass is 10.2. The number of amides is 1. The van der Waals surface area contributed by atoms with Gasteiger partial charge >= 0.3 is 6.09 Å². The first-order valence-electron chi connectivity index (χ1n) is 10.9. The first kappa shape index (κ1) is 23.9. The SMILES string of the molecule is CCN(Cc1cccc(OC2CCN(c3ccc(S(C)(=O)=O)cc3)C2)c1)C(=O)OC(C)C. The molecule has 1 fully saturated rings. The van der Waals surface area contributed by atoms with Crippen LogP contribution >= 0.6 is 0 Å². The molecular formula is C24H32N2O5S. The minimum absolute atomic E-state index is 0.0352. The van der Waals surface area contributed by atoms with Gasteiger partial charge in [-0.3, -0.25) is 0 Å². The predicted octanol–water partition coefficient (Wildman–Crippen LogP) is 4.11. The van der Waals surface area contributed by atoms with E-state index in [0.717, 1.165) is 36.5 Å². The van der Waals surface area contributed by atoms with E-state index in [1.54, 1.807) is 17.0 Å². The molecule has 1 amide bonds. The van der Waals surface area contributed by atoms with Gasteiger partial charge in [-0.2, -0.15) is 0 Å². The molecule has 0 aromatic heterocycles. The lowest BCUT2D eigenvalue weighted by Gasteiger charge is -2.22. The third-order valence-electron chi connectivity index (χ3n) is 5.33. The maximum Gasteiger partial charge on any atom is 0.410 e. The third kappa shape index (κ3) is 6.38. The van der Waals surface area contributed by atoms with Crippen molar-refractivity contribution in [2.24, 2.45) is 0 Å². The van der Waals surface area contributed by atoms with Crippen molar-refractivity contribution in [2.75, 3.05) is 30.8 Å². The Hall–Kier alpha value is -2.74. The van der Waals surface area contributed by atoms with E-state index in [4.69, 9.17) is 9.47 Å². The molecule has 1 aliphatic heterocycles. The molecule has 0 saturated carbocycles. The zero-order valence-corrected chi connectivity index (χ0v) is 20.0. The molecule has 7 nitrogen and oxygen atoms in total. The van der Waals surface area contributed by atoms with Gasteiger partial charge in [0.1, 0.15) is 11.9 Å². The summed E-state index contributed by atoms with van der Waals surface area (Å²) in [6, 6.07) is 14.8. The second-order valence-electron chi connectivity index (χ2n) is 8.33. The maximum atomic E-state index is 12.2. The summed E-state index contributed by atoms with van der Waals surface area (Å²) in [6.45, 7) is 8.19. The van der Waals surface area contributed by atoms with Crippen LogP contribution in [0.1, 0.15) is 32.8 Å². The van der Waals surface area contributed by atoms with Gasteiger partial charge in [0.25, 0.3) is 0 Å². The van der Waals surface area contributed by atoms with E-state index in [2.05, 4.69) is 4.90 Å². The monoisotopic (exact) mass is 460 g/mol. The Bertz CT molecular complexity index is 1020. The first-order chi connectivity index (χ1) is 15.2. The molecule has 0 bridgehead atoms. The van der Waals surface area contributed by atoms with Crippen LogP contribution in [0.5, 0.6) is 5.75 Å². The molecule has 1 aliphatic rings. The average Bonchev–Trinajstić information content (AvgIpc) is 3.19. The van der Waals surface area contributed by atoms with Crippen LogP contribution in [0.15, 0.2) is 53.4 Å². The van der Waals surface area contributed by atoms with Crippen molar-refractivity contribution in [3.05, 3.63) is 54.1 Å². The third-order valence-corrected chi connectivity index (χ3v) is 6.45. The molecule has 2 aromatic rings. The lowest BCUT2D eigenvalue weighted by Crippen LogP contribution is -2.32. The van der Waals surface area contributed by atoms with Gasteiger partial charge in [-0.15, -0.1) is 0 Å². The number of carbonyl (C=O) groups excluding carboxylic acids is 1. The molecule has 0 aliphatic carbocycles. The van der Waals surface area contributed by atoms with E-state index in [-0.39, 0.29) is 18.3 Å².